The molecular formula is C16H18BrN3O. The van der Waals surface area contributed by atoms with Crippen molar-refractivity contribution in [3.63, 3.8) is 0 Å². The fourth-order valence-electron chi connectivity index (χ4n) is 1.99. The number of halogens is 1. The maximum absolute atomic E-state index is 12.7. The SMILES string of the molecule is CC(C)N(Cc1ccc(N)cc1)C(=O)c1ncccc1Br. The summed E-state index contributed by atoms with van der Waals surface area (Å²) in [6.07, 6.45) is 1.62. The largest absolute Gasteiger partial charge is 0.399 e. The van der Waals surface area contributed by atoms with Gasteiger partial charge in [-0.25, -0.2) is 4.98 Å². The van der Waals surface area contributed by atoms with E-state index in [2.05, 4.69) is 20.9 Å². The lowest BCUT2D eigenvalue weighted by Gasteiger charge is -2.27. The third kappa shape index (κ3) is 3.82. The molecule has 0 unspecified atom stereocenters. The van der Waals surface area contributed by atoms with Crippen LogP contribution in [0.4, 0.5) is 5.69 Å². The Morgan fingerprint density at radius 1 is 1.29 bits per heavy atom. The van der Waals surface area contributed by atoms with E-state index < -0.39 is 0 Å². The monoisotopic (exact) mass is 347 g/mol. The predicted octanol–water partition coefficient (Wildman–Crippen LogP) is 3.48. The first kappa shape index (κ1) is 15.5. The molecule has 0 fully saturated rings. The molecule has 110 valence electrons. The van der Waals surface area contributed by atoms with Crippen LogP contribution in [0.1, 0.15) is 29.9 Å². The van der Waals surface area contributed by atoms with Gasteiger partial charge in [0.05, 0.1) is 0 Å². The third-order valence-electron chi connectivity index (χ3n) is 3.18. The van der Waals surface area contributed by atoms with Gasteiger partial charge in [-0.2, -0.15) is 0 Å². The normalized spacial score (nSPS) is 10.7. The van der Waals surface area contributed by atoms with Gasteiger partial charge in [0, 0.05) is 28.9 Å². The second-order valence-electron chi connectivity index (χ2n) is 5.10. The second kappa shape index (κ2) is 6.72. The number of pyridine rings is 1. The van der Waals surface area contributed by atoms with Gasteiger partial charge in [-0.1, -0.05) is 12.1 Å². The zero-order chi connectivity index (χ0) is 15.4. The fourth-order valence-corrected chi connectivity index (χ4v) is 2.41. The molecule has 2 N–H and O–H groups in total. The summed E-state index contributed by atoms with van der Waals surface area (Å²) in [4.78, 5) is 18.7. The van der Waals surface area contributed by atoms with Gasteiger partial charge in [-0.15, -0.1) is 0 Å². The van der Waals surface area contributed by atoms with E-state index in [1.807, 2.05) is 44.2 Å². The van der Waals surface area contributed by atoms with Gasteiger partial charge in [-0.3, -0.25) is 4.79 Å². The number of benzene rings is 1. The van der Waals surface area contributed by atoms with E-state index in [9.17, 15) is 4.79 Å². The van der Waals surface area contributed by atoms with Gasteiger partial charge in [0.25, 0.3) is 5.91 Å². The van der Waals surface area contributed by atoms with Crippen molar-refractivity contribution in [2.24, 2.45) is 0 Å². The van der Waals surface area contributed by atoms with Crippen LogP contribution in [0.3, 0.4) is 0 Å². The molecule has 2 aromatic rings. The number of aromatic nitrogens is 1. The summed E-state index contributed by atoms with van der Waals surface area (Å²) in [5.41, 5.74) is 7.88. The average molecular weight is 348 g/mol. The zero-order valence-corrected chi connectivity index (χ0v) is 13.7. The van der Waals surface area contributed by atoms with Gasteiger partial charge in [0.2, 0.25) is 0 Å². The molecule has 0 radical (unpaired) electrons. The summed E-state index contributed by atoms with van der Waals surface area (Å²) in [5, 5.41) is 0. The smallest absolute Gasteiger partial charge is 0.274 e. The number of carbonyl (C=O) groups is 1. The van der Waals surface area contributed by atoms with Crippen LogP contribution < -0.4 is 5.73 Å². The number of nitrogen functional groups attached to an aromatic ring is 1. The summed E-state index contributed by atoms with van der Waals surface area (Å²) in [6.45, 7) is 4.51. The van der Waals surface area contributed by atoms with Crippen LogP contribution in [0.2, 0.25) is 0 Å². The highest BCUT2D eigenvalue weighted by Gasteiger charge is 2.22. The Morgan fingerprint density at radius 3 is 2.52 bits per heavy atom. The van der Waals surface area contributed by atoms with Crippen LogP contribution >= 0.6 is 15.9 Å². The van der Waals surface area contributed by atoms with Crippen molar-refractivity contribution in [1.82, 2.24) is 9.88 Å². The Hall–Kier alpha value is -1.88. The highest BCUT2D eigenvalue weighted by molar-refractivity contribution is 9.10. The van der Waals surface area contributed by atoms with Crippen LogP contribution in [-0.4, -0.2) is 21.8 Å². The number of rotatable bonds is 4. The van der Waals surface area contributed by atoms with Gasteiger partial charge < -0.3 is 10.6 Å². The highest BCUT2D eigenvalue weighted by Crippen LogP contribution is 2.19. The standard InChI is InChI=1S/C16H18BrN3O/c1-11(2)20(10-12-5-7-13(18)8-6-12)16(21)15-14(17)4-3-9-19-15/h3-9,11H,10,18H2,1-2H3. The Bertz CT molecular complexity index is 626. The first-order valence-corrected chi connectivity index (χ1v) is 7.54. The quantitative estimate of drug-likeness (QED) is 0.861. The minimum Gasteiger partial charge on any atom is -0.399 e. The molecule has 1 heterocycles. The van der Waals surface area contributed by atoms with Crippen molar-refractivity contribution in [2.45, 2.75) is 26.4 Å². The molecular weight excluding hydrogens is 330 g/mol. The predicted molar refractivity (Wildman–Crippen MR) is 87.8 cm³/mol. The molecule has 0 aliphatic rings. The van der Waals surface area contributed by atoms with E-state index >= 15 is 0 Å². The molecule has 0 atom stereocenters. The summed E-state index contributed by atoms with van der Waals surface area (Å²) in [5.74, 6) is -0.0886. The van der Waals surface area contributed by atoms with E-state index in [4.69, 9.17) is 5.73 Å². The number of nitrogens with two attached hydrogens (primary N) is 1. The van der Waals surface area contributed by atoms with Crippen LogP contribution in [0, 0.1) is 0 Å². The summed E-state index contributed by atoms with van der Waals surface area (Å²) in [7, 11) is 0. The van der Waals surface area contributed by atoms with E-state index in [1.165, 1.54) is 0 Å². The van der Waals surface area contributed by atoms with Crippen LogP contribution in [0.5, 0.6) is 0 Å². The molecule has 2 rings (SSSR count). The van der Waals surface area contributed by atoms with Gasteiger partial charge in [0.1, 0.15) is 5.69 Å². The Kier molecular flexibility index (Phi) is 4.96. The average Bonchev–Trinajstić information content (AvgIpc) is 2.46. The zero-order valence-electron chi connectivity index (χ0n) is 12.1. The maximum Gasteiger partial charge on any atom is 0.274 e. The first-order chi connectivity index (χ1) is 9.99. The molecule has 0 spiro atoms. The molecule has 21 heavy (non-hydrogen) atoms. The summed E-state index contributed by atoms with van der Waals surface area (Å²) >= 11 is 3.38. The number of nitrogens with zero attached hydrogens (tertiary/aromatic N) is 2. The number of hydrogen-bond donors (Lipinski definition) is 1. The number of hydrogen-bond acceptors (Lipinski definition) is 3. The third-order valence-corrected chi connectivity index (χ3v) is 3.82. The molecule has 4 nitrogen and oxygen atoms in total. The van der Waals surface area contributed by atoms with Crippen molar-refractivity contribution < 1.29 is 4.79 Å². The first-order valence-electron chi connectivity index (χ1n) is 6.75. The van der Waals surface area contributed by atoms with Gasteiger partial charge >= 0.3 is 0 Å². The molecule has 1 aromatic carbocycles. The number of anilines is 1. The molecule has 0 saturated heterocycles. The summed E-state index contributed by atoms with van der Waals surface area (Å²) < 4.78 is 0.706. The Balaban J connectivity index is 2.25. The summed E-state index contributed by atoms with van der Waals surface area (Å²) in [6, 6.07) is 11.2. The van der Waals surface area contributed by atoms with Crippen molar-refractivity contribution >= 4 is 27.5 Å². The van der Waals surface area contributed by atoms with E-state index in [1.54, 1.807) is 17.2 Å². The minimum atomic E-state index is -0.0886. The molecule has 0 aliphatic carbocycles. The molecule has 0 saturated carbocycles. The van der Waals surface area contributed by atoms with Gasteiger partial charge in [-0.05, 0) is 59.6 Å². The van der Waals surface area contributed by atoms with E-state index in [-0.39, 0.29) is 11.9 Å². The maximum atomic E-state index is 12.7. The van der Waals surface area contributed by atoms with Crippen LogP contribution in [0.25, 0.3) is 0 Å². The van der Waals surface area contributed by atoms with Crippen molar-refractivity contribution in [3.05, 3.63) is 58.3 Å². The molecule has 1 amide bonds. The molecule has 0 aliphatic heterocycles. The lowest BCUT2D eigenvalue weighted by molar-refractivity contribution is 0.0683. The molecule has 1 aromatic heterocycles. The van der Waals surface area contributed by atoms with Crippen molar-refractivity contribution in [3.8, 4) is 0 Å². The minimum absolute atomic E-state index is 0.0731. The van der Waals surface area contributed by atoms with Crippen molar-refractivity contribution in [2.75, 3.05) is 5.73 Å². The lowest BCUT2D eigenvalue weighted by atomic mass is 10.1. The van der Waals surface area contributed by atoms with Crippen LogP contribution in [-0.2, 0) is 6.54 Å². The fraction of sp³-hybridized carbons (Fsp3) is 0.250. The Morgan fingerprint density at radius 2 is 1.95 bits per heavy atom. The highest BCUT2D eigenvalue weighted by atomic mass is 79.9. The number of amides is 1. The van der Waals surface area contributed by atoms with Crippen molar-refractivity contribution in [1.29, 1.82) is 0 Å². The molecule has 5 heteroatoms. The van der Waals surface area contributed by atoms with E-state index in [0.29, 0.717) is 22.4 Å². The number of carbonyl (C=O) groups excluding carboxylic acids is 1. The molecule has 0 bridgehead atoms. The topological polar surface area (TPSA) is 59.2 Å². The second-order valence-corrected chi connectivity index (χ2v) is 5.96. The Labute approximate surface area is 133 Å². The van der Waals surface area contributed by atoms with E-state index in [0.717, 1.165) is 5.56 Å². The lowest BCUT2D eigenvalue weighted by Crippen LogP contribution is -2.37. The van der Waals surface area contributed by atoms with Gasteiger partial charge in [0.15, 0.2) is 0 Å². The van der Waals surface area contributed by atoms with Crippen LogP contribution in [0.15, 0.2) is 47.1 Å².